The molecule has 0 saturated heterocycles. The highest BCUT2D eigenvalue weighted by atomic mass is 19.1. The van der Waals surface area contributed by atoms with Crippen molar-refractivity contribution in [2.75, 3.05) is 7.11 Å². The maximum atomic E-state index is 13.4. The SMILES string of the molecule is COc1ccc(-c2[nH]n(-c3ccc(F)cc3)c(=O)c2/C(C)=N/NC(=O)c2ccncc2)cc1. The predicted molar refractivity (Wildman–Crippen MR) is 122 cm³/mol. The van der Waals surface area contributed by atoms with Crippen molar-refractivity contribution >= 4 is 11.6 Å². The van der Waals surface area contributed by atoms with Crippen molar-refractivity contribution in [3.63, 3.8) is 0 Å². The fraction of sp³-hybridized carbons (Fsp3) is 0.0833. The summed E-state index contributed by atoms with van der Waals surface area (Å²) in [4.78, 5) is 29.6. The van der Waals surface area contributed by atoms with Crippen molar-refractivity contribution in [3.8, 4) is 22.7 Å². The lowest BCUT2D eigenvalue weighted by molar-refractivity contribution is 0.0954. The van der Waals surface area contributed by atoms with E-state index in [0.29, 0.717) is 34.0 Å². The van der Waals surface area contributed by atoms with Gasteiger partial charge in [-0.05, 0) is 67.6 Å². The van der Waals surface area contributed by atoms with Crippen molar-refractivity contribution in [1.29, 1.82) is 0 Å². The van der Waals surface area contributed by atoms with Gasteiger partial charge in [-0.15, -0.1) is 0 Å². The van der Waals surface area contributed by atoms with Gasteiger partial charge in [0.2, 0.25) is 0 Å². The van der Waals surface area contributed by atoms with E-state index in [1.165, 1.54) is 41.3 Å². The van der Waals surface area contributed by atoms with Gasteiger partial charge in [0.1, 0.15) is 11.6 Å². The third-order valence-electron chi connectivity index (χ3n) is 4.98. The molecule has 0 atom stereocenters. The lowest BCUT2D eigenvalue weighted by Crippen LogP contribution is -2.23. The highest BCUT2D eigenvalue weighted by Crippen LogP contribution is 2.24. The molecular weight excluding hydrogens is 425 g/mol. The Morgan fingerprint density at radius 1 is 1.06 bits per heavy atom. The summed E-state index contributed by atoms with van der Waals surface area (Å²) in [5.74, 6) is -0.182. The molecule has 0 aliphatic carbocycles. The lowest BCUT2D eigenvalue weighted by Gasteiger charge is -2.05. The first-order valence-corrected chi connectivity index (χ1v) is 9.98. The van der Waals surface area contributed by atoms with Crippen LogP contribution < -0.4 is 15.7 Å². The van der Waals surface area contributed by atoms with Gasteiger partial charge in [0.15, 0.2) is 0 Å². The molecule has 0 fully saturated rings. The van der Waals surface area contributed by atoms with Crippen molar-refractivity contribution in [2.45, 2.75) is 6.92 Å². The molecule has 0 bridgehead atoms. The normalized spacial score (nSPS) is 11.3. The summed E-state index contributed by atoms with van der Waals surface area (Å²) >= 11 is 0. The van der Waals surface area contributed by atoms with Gasteiger partial charge in [-0.2, -0.15) is 5.10 Å². The molecular formula is C24H20FN5O3. The number of hydrogen-bond donors (Lipinski definition) is 2. The average molecular weight is 445 g/mol. The van der Waals surface area contributed by atoms with Gasteiger partial charge < -0.3 is 4.74 Å². The monoisotopic (exact) mass is 445 g/mol. The fourth-order valence-electron chi connectivity index (χ4n) is 3.27. The van der Waals surface area contributed by atoms with Crippen LogP contribution in [-0.2, 0) is 0 Å². The second kappa shape index (κ2) is 9.31. The number of ether oxygens (including phenoxy) is 1. The topological polar surface area (TPSA) is 101 Å². The van der Waals surface area contributed by atoms with Crippen LogP contribution in [-0.4, -0.2) is 33.5 Å². The number of hydrazone groups is 1. The molecule has 2 heterocycles. The van der Waals surface area contributed by atoms with Gasteiger partial charge >= 0.3 is 0 Å². The first-order valence-electron chi connectivity index (χ1n) is 9.98. The fourth-order valence-corrected chi connectivity index (χ4v) is 3.27. The number of aromatic nitrogens is 3. The highest BCUT2D eigenvalue weighted by molar-refractivity contribution is 6.04. The molecule has 9 heteroatoms. The predicted octanol–water partition coefficient (Wildman–Crippen LogP) is 3.53. The lowest BCUT2D eigenvalue weighted by atomic mass is 10.1. The molecule has 1 amide bonds. The number of carbonyl (C=O) groups excluding carboxylic acids is 1. The summed E-state index contributed by atoms with van der Waals surface area (Å²) in [7, 11) is 1.57. The summed E-state index contributed by atoms with van der Waals surface area (Å²) in [5, 5.41) is 7.23. The number of hydrogen-bond acceptors (Lipinski definition) is 5. The number of amides is 1. The zero-order valence-electron chi connectivity index (χ0n) is 17.9. The number of methoxy groups -OCH3 is 1. The number of aromatic amines is 1. The van der Waals surface area contributed by atoms with Gasteiger partial charge in [0, 0.05) is 23.5 Å². The Morgan fingerprint density at radius 2 is 1.73 bits per heavy atom. The standard InChI is InChI=1S/C24H20FN5O3/c1-15(27-28-23(31)17-11-13-26-14-12-17)21-22(16-3-9-20(33-2)10-4-16)29-30(24(21)32)19-7-5-18(25)6-8-19/h3-14,29H,1-2H3,(H,28,31)/b27-15+. The second-order valence-corrected chi connectivity index (χ2v) is 7.08. The van der Waals surface area contributed by atoms with E-state index in [1.54, 1.807) is 50.4 Å². The average Bonchev–Trinajstić information content (AvgIpc) is 3.20. The summed E-state index contributed by atoms with van der Waals surface area (Å²) in [6.07, 6.45) is 3.00. The zero-order valence-corrected chi connectivity index (χ0v) is 17.9. The molecule has 0 saturated carbocycles. The summed E-state index contributed by atoms with van der Waals surface area (Å²) in [5.41, 5.74) is 4.67. The Labute approximate surface area is 188 Å². The number of nitrogens with zero attached hydrogens (tertiary/aromatic N) is 3. The number of pyridine rings is 1. The van der Waals surface area contributed by atoms with Gasteiger partial charge in [-0.1, -0.05) is 0 Å². The number of carbonyl (C=O) groups is 1. The van der Waals surface area contributed by atoms with Crippen LogP contribution in [0, 0.1) is 5.82 Å². The van der Waals surface area contributed by atoms with Crippen molar-refractivity contribution in [2.24, 2.45) is 5.10 Å². The minimum Gasteiger partial charge on any atom is -0.497 e. The summed E-state index contributed by atoms with van der Waals surface area (Å²) < 4.78 is 19.9. The van der Waals surface area contributed by atoms with E-state index >= 15 is 0 Å². The van der Waals surface area contributed by atoms with Crippen LogP contribution in [0.15, 0.2) is 83.0 Å². The molecule has 2 aromatic carbocycles. The molecule has 4 rings (SSSR count). The zero-order chi connectivity index (χ0) is 23.4. The third kappa shape index (κ3) is 4.57. The van der Waals surface area contributed by atoms with Crippen molar-refractivity contribution in [3.05, 3.63) is 100 Å². The molecule has 2 N–H and O–H groups in total. The van der Waals surface area contributed by atoms with Crippen LogP contribution in [0.4, 0.5) is 4.39 Å². The minimum atomic E-state index is -0.433. The van der Waals surface area contributed by atoms with E-state index in [0.717, 1.165) is 0 Å². The van der Waals surface area contributed by atoms with Gasteiger partial charge in [-0.25, -0.2) is 14.5 Å². The van der Waals surface area contributed by atoms with E-state index in [9.17, 15) is 14.0 Å². The van der Waals surface area contributed by atoms with Crippen LogP contribution in [0.2, 0.25) is 0 Å². The van der Waals surface area contributed by atoms with Crippen LogP contribution in [0.5, 0.6) is 5.75 Å². The van der Waals surface area contributed by atoms with E-state index in [1.807, 2.05) is 0 Å². The Balaban J connectivity index is 1.78. The van der Waals surface area contributed by atoms with Gasteiger partial charge in [-0.3, -0.25) is 19.7 Å². The number of halogens is 1. The molecule has 0 aliphatic heterocycles. The summed E-state index contributed by atoms with van der Waals surface area (Å²) in [6, 6.07) is 15.8. The number of H-pyrrole nitrogens is 1. The van der Waals surface area contributed by atoms with Crippen LogP contribution in [0.25, 0.3) is 16.9 Å². The Bertz CT molecular complexity index is 1360. The Morgan fingerprint density at radius 3 is 2.36 bits per heavy atom. The van der Waals surface area contributed by atoms with E-state index < -0.39 is 17.3 Å². The second-order valence-electron chi connectivity index (χ2n) is 7.08. The molecule has 0 unspecified atom stereocenters. The maximum Gasteiger partial charge on any atom is 0.281 e. The highest BCUT2D eigenvalue weighted by Gasteiger charge is 2.20. The number of benzene rings is 2. The molecule has 166 valence electrons. The molecule has 0 radical (unpaired) electrons. The van der Waals surface area contributed by atoms with Crippen molar-refractivity contribution in [1.82, 2.24) is 20.2 Å². The Hall–Kier alpha value is -4.53. The first-order chi connectivity index (χ1) is 16.0. The van der Waals surface area contributed by atoms with Crippen LogP contribution >= 0.6 is 0 Å². The molecule has 33 heavy (non-hydrogen) atoms. The van der Waals surface area contributed by atoms with E-state index in [-0.39, 0.29) is 5.56 Å². The van der Waals surface area contributed by atoms with E-state index in [4.69, 9.17) is 4.74 Å². The first kappa shape index (κ1) is 21.7. The van der Waals surface area contributed by atoms with Crippen LogP contribution in [0.1, 0.15) is 22.8 Å². The van der Waals surface area contributed by atoms with Gasteiger partial charge in [0.25, 0.3) is 11.5 Å². The maximum absolute atomic E-state index is 13.4. The molecule has 0 aliphatic rings. The largest absolute Gasteiger partial charge is 0.497 e. The van der Waals surface area contributed by atoms with Crippen LogP contribution in [0.3, 0.4) is 0 Å². The third-order valence-corrected chi connectivity index (χ3v) is 4.98. The minimum absolute atomic E-state index is 0.263. The number of rotatable bonds is 6. The molecule has 4 aromatic rings. The quantitative estimate of drug-likeness (QED) is 0.350. The molecule has 0 spiro atoms. The Kier molecular flexibility index (Phi) is 6.12. The van der Waals surface area contributed by atoms with Gasteiger partial charge in [0.05, 0.1) is 29.8 Å². The summed E-state index contributed by atoms with van der Waals surface area (Å²) in [6.45, 7) is 1.62. The molecule has 2 aromatic heterocycles. The molecule has 8 nitrogen and oxygen atoms in total. The van der Waals surface area contributed by atoms with E-state index in [2.05, 4.69) is 20.6 Å². The number of nitrogens with one attached hydrogen (secondary N) is 2. The van der Waals surface area contributed by atoms with Crippen molar-refractivity contribution < 1.29 is 13.9 Å². The smallest absolute Gasteiger partial charge is 0.281 e.